The molecule has 56 heavy (non-hydrogen) atoms. The lowest BCUT2D eigenvalue weighted by Crippen LogP contribution is -2.25. The molecule has 0 radical (unpaired) electrons. The summed E-state index contributed by atoms with van der Waals surface area (Å²) < 4.78 is 2.24. The second kappa shape index (κ2) is 11.7. The zero-order valence-corrected chi connectivity index (χ0v) is 32.6. The normalized spacial score (nSPS) is 13.6. The van der Waals surface area contributed by atoms with E-state index in [0.717, 1.165) is 44.2 Å². The first-order valence-electron chi connectivity index (χ1n) is 19.5. The first-order chi connectivity index (χ1) is 27.0. The minimum Gasteiger partial charge on any atom is -0.308 e. The molecule has 0 unspecified atom stereocenters. The zero-order valence-electron chi connectivity index (χ0n) is 32.6. The summed E-state index contributed by atoms with van der Waals surface area (Å²) in [6, 6.07) is 55.4. The second-order valence-corrected chi connectivity index (χ2v) is 17.6. The van der Waals surface area contributed by atoms with Gasteiger partial charge in [0.15, 0.2) is 0 Å². The minimum absolute atomic E-state index is 0.0363. The highest BCUT2D eigenvalue weighted by Crippen LogP contribution is 2.64. The fraction of sp³-hybridized carbons (Fsp3) is 0.170. The predicted molar refractivity (Wildman–Crippen MR) is 229 cm³/mol. The summed E-state index contributed by atoms with van der Waals surface area (Å²) in [7, 11) is 0. The van der Waals surface area contributed by atoms with Gasteiger partial charge in [-0.2, -0.15) is 10.5 Å². The standard InChI is InChI=1S/C53H41N3/c1-51(2,3)34-22-24-47-41(27-34)42-28-35(52(4,5)6)23-25-48(42)56(47)49-29-40(32(30-54)26-33(49)31-55)38-17-13-21-46-50(38)39-16-9-12-20-45(39)53(46)43-18-10-7-14-36(43)37-15-8-11-19-44(37)53/h7-29H,1-6H3. The van der Waals surface area contributed by atoms with Gasteiger partial charge in [0.25, 0.3) is 0 Å². The second-order valence-electron chi connectivity index (χ2n) is 17.6. The van der Waals surface area contributed by atoms with Crippen LogP contribution in [0.25, 0.3) is 60.9 Å². The quantitative estimate of drug-likeness (QED) is 0.179. The van der Waals surface area contributed by atoms with Gasteiger partial charge in [0.1, 0.15) is 6.07 Å². The summed E-state index contributed by atoms with van der Waals surface area (Å²) in [6.45, 7) is 13.5. The summed E-state index contributed by atoms with van der Waals surface area (Å²) in [5, 5.41) is 23.9. The molecular formula is C53H41N3. The number of nitriles is 2. The van der Waals surface area contributed by atoms with Crippen molar-refractivity contribution in [2.75, 3.05) is 0 Å². The molecule has 0 atom stereocenters. The molecule has 1 aromatic heterocycles. The Bertz CT molecular complexity index is 2950. The molecule has 7 aromatic carbocycles. The van der Waals surface area contributed by atoms with Crippen molar-refractivity contribution in [1.29, 1.82) is 10.5 Å². The van der Waals surface area contributed by atoms with Crippen molar-refractivity contribution in [2.45, 2.75) is 57.8 Å². The first-order valence-corrected chi connectivity index (χ1v) is 19.5. The number of hydrogen-bond acceptors (Lipinski definition) is 2. The maximum Gasteiger partial charge on any atom is 0.101 e. The number of rotatable bonds is 2. The van der Waals surface area contributed by atoms with Gasteiger partial charge in [-0.25, -0.2) is 0 Å². The van der Waals surface area contributed by atoms with E-state index in [-0.39, 0.29) is 10.8 Å². The van der Waals surface area contributed by atoms with Crippen LogP contribution in [0.3, 0.4) is 0 Å². The molecule has 0 saturated heterocycles. The van der Waals surface area contributed by atoms with Gasteiger partial charge < -0.3 is 4.57 Å². The van der Waals surface area contributed by atoms with Crippen LogP contribution in [0.1, 0.15) is 86.1 Å². The number of hydrogen-bond donors (Lipinski definition) is 0. The molecule has 268 valence electrons. The lowest BCUT2D eigenvalue weighted by atomic mass is 9.70. The van der Waals surface area contributed by atoms with E-state index in [0.29, 0.717) is 11.1 Å². The van der Waals surface area contributed by atoms with E-state index in [1.807, 2.05) is 0 Å². The van der Waals surface area contributed by atoms with E-state index in [2.05, 4.69) is 192 Å². The van der Waals surface area contributed by atoms with Crippen LogP contribution in [0, 0.1) is 22.7 Å². The van der Waals surface area contributed by atoms with Gasteiger partial charge in [-0.15, -0.1) is 0 Å². The summed E-state index contributed by atoms with van der Waals surface area (Å²) in [6.07, 6.45) is 0. The van der Waals surface area contributed by atoms with Gasteiger partial charge in [0, 0.05) is 16.3 Å². The Labute approximate surface area is 328 Å². The maximum atomic E-state index is 10.8. The van der Waals surface area contributed by atoms with Crippen LogP contribution in [0.5, 0.6) is 0 Å². The summed E-state index contributed by atoms with van der Waals surface area (Å²) in [5.41, 5.74) is 17.4. The number of nitrogens with zero attached hydrogens (tertiary/aromatic N) is 3. The van der Waals surface area contributed by atoms with Crippen molar-refractivity contribution in [3.63, 3.8) is 0 Å². The third-order valence-electron chi connectivity index (χ3n) is 12.4. The molecule has 1 heterocycles. The zero-order chi connectivity index (χ0) is 38.7. The van der Waals surface area contributed by atoms with E-state index in [9.17, 15) is 10.5 Å². The Kier molecular flexibility index (Phi) is 7.05. The summed E-state index contributed by atoms with van der Waals surface area (Å²) >= 11 is 0. The average molecular weight is 720 g/mol. The largest absolute Gasteiger partial charge is 0.308 e. The smallest absolute Gasteiger partial charge is 0.101 e. The Morgan fingerprint density at radius 1 is 0.446 bits per heavy atom. The molecule has 0 aliphatic heterocycles. The highest BCUT2D eigenvalue weighted by atomic mass is 15.0. The van der Waals surface area contributed by atoms with Gasteiger partial charge in [0.05, 0.1) is 39.3 Å². The van der Waals surface area contributed by atoms with Crippen molar-refractivity contribution < 1.29 is 0 Å². The Morgan fingerprint density at radius 2 is 0.911 bits per heavy atom. The molecule has 2 aliphatic carbocycles. The maximum absolute atomic E-state index is 10.8. The molecule has 0 N–H and O–H groups in total. The van der Waals surface area contributed by atoms with Crippen LogP contribution in [0.15, 0.2) is 140 Å². The van der Waals surface area contributed by atoms with Crippen molar-refractivity contribution in [3.8, 4) is 51.2 Å². The van der Waals surface area contributed by atoms with E-state index in [1.54, 1.807) is 6.07 Å². The SMILES string of the molecule is CC(C)(C)c1ccc2c(c1)c1cc(C(C)(C)C)ccc1n2-c1cc(-c2cccc3c2-c2ccccc2C32c3ccccc3-c3ccccc32)c(C#N)cc1C#N. The van der Waals surface area contributed by atoms with E-state index in [4.69, 9.17) is 0 Å². The van der Waals surface area contributed by atoms with Crippen molar-refractivity contribution in [1.82, 2.24) is 4.57 Å². The predicted octanol–water partition coefficient (Wildman–Crippen LogP) is 13.1. The van der Waals surface area contributed by atoms with E-state index in [1.165, 1.54) is 50.1 Å². The molecule has 0 amide bonds. The van der Waals surface area contributed by atoms with Crippen LogP contribution in [0.4, 0.5) is 0 Å². The van der Waals surface area contributed by atoms with E-state index < -0.39 is 5.41 Å². The Morgan fingerprint density at radius 3 is 1.43 bits per heavy atom. The van der Waals surface area contributed by atoms with Crippen LogP contribution in [-0.4, -0.2) is 4.57 Å². The van der Waals surface area contributed by atoms with Crippen LogP contribution >= 0.6 is 0 Å². The van der Waals surface area contributed by atoms with Crippen LogP contribution in [0.2, 0.25) is 0 Å². The third-order valence-corrected chi connectivity index (χ3v) is 12.4. The summed E-state index contributed by atoms with van der Waals surface area (Å²) in [5.74, 6) is 0. The molecule has 0 saturated carbocycles. The molecule has 0 fully saturated rings. The third kappa shape index (κ3) is 4.49. The number of fused-ring (bicyclic) bond motifs is 13. The first kappa shape index (κ1) is 33.9. The molecule has 3 nitrogen and oxygen atoms in total. The van der Waals surface area contributed by atoms with Gasteiger partial charge in [-0.3, -0.25) is 0 Å². The molecule has 3 heteroatoms. The molecule has 0 bridgehead atoms. The summed E-state index contributed by atoms with van der Waals surface area (Å²) in [4.78, 5) is 0. The molecular weight excluding hydrogens is 679 g/mol. The highest BCUT2D eigenvalue weighted by molar-refractivity contribution is 6.10. The average Bonchev–Trinajstić information content (AvgIpc) is 3.81. The highest BCUT2D eigenvalue weighted by Gasteiger charge is 2.52. The lowest BCUT2D eigenvalue weighted by Gasteiger charge is -2.30. The molecule has 2 aliphatic rings. The minimum atomic E-state index is -0.500. The van der Waals surface area contributed by atoms with E-state index >= 15 is 0 Å². The Hall–Kier alpha value is -6.68. The number of benzene rings is 7. The monoisotopic (exact) mass is 719 g/mol. The van der Waals surface area contributed by atoms with Crippen molar-refractivity contribution in [2.24, 2.45) is 0 Å². The molecule has 8 aromatic rings. The molecule has 1 spiro atoms. The van der Waals surface area contributed by atoms with Gasteiger partial charge in [-0.05, 0) is 108 Å². The Balaban J connectivity index is 1.29. The van der Waals surface area contributed by atoms with Crippen LogP contribution in [-0.2, 0) is 16.2 Å². The van der Waals surface area contributed by atoms with Crippen LogP contribution < -0.4 is 0 Å². The fourth-order valence-electron chi connectivity index (χ4n) is 9.76. The lowest BCUT2D eigenvalue weighted by molar-refractivity contribution is 0.590. The fourth-order valence-corrected chi connectivity index (χ4v) is 9.76. The van der Waals surface area contributed by atoms with Crippen molar-refractivity contribution >= 4 is 21.8 Å². The topological polar surface area (TPSA) is 52.5 Å². The van der Waals surface area contributed by atoms with Gasteiger partial charge in [-0.1, -0.05) is 145 Å². The van der Waals surface area contributed by atoms with Gasteiger partial charge >= 0.3 is 0 Å². The molecule has 10 rings (SSSR count). The van der Waals surface area contributed by atoms with Gasteiger partial charge in [0.2, 0.25) is 0 Å². The van der Waals surface area contributed by atoms with Crippen molar-refractivity contribution in [3.05, 3.63) is 184 Å². The number of aromatic nitrogens is 1.